The first-order chi connectivity index (χ1) is 17.3. The lowest BCUT2D eigenvalue weighted by atomic mass is 9.99. The third-order valence-electron chi connectivity index (χ3n) is 6.52. The van der Waals surface area contributed by atoms with Crippen LogP contribution in [-0.2, 0) is 9.59 Å². The molecule has 2 aromatic heterocycles. The summed E-state index contributed by atoms with van der Waals surface area (Å²) in [5, 5.41) is 6.27. The number of fused-ring (bicyclic) bond motifs is 1. The second-order valence-electron chi connectivity index (χ2n) is 9.11. The van der Waals surface area contributed by atoms with E-state index in [9.17, 15) is 18.8 Å². The van der Waals surface area contributed by atoms with Crippen molar-refractivity contribution in [1.29, 1.82) is 0 Å². The van der Waals surface area contributed by atoms with Crippen LogP contribution < -0.4 is 10.6 Å². The number of aryl methyl sites for hydroxylation is 1. The Kier molecular flexibility index (Phi) is 7.97. The maximum atomic E-state index is 14.1. The summed E-state index contributed by atoms with van der Waals surface area (Å²) in [5.41, 5.74) is 0.701. The molecule has 11 heteroatoms. The molecule has 3 atom stereocenters. The van der Waals surface area contributed by atoms with Crippen molar-refractivity contribution in [3.05, 3.63) is 45.9 Å². The number of piperidine rings is 1. The third-order valence-corrected chi connectivity index (χ3v) is 7.43. The fourth-order valence-electron chi connectivity index (χ4n) is 4.55. The lowest BCUT2D eigenvalue weighted by Gasteiger charge is -2.36. The number of H-pyrrole nitrogens is 1. The molecule has 3 aromatic rings. The average Bonchev–Trinajstić information content (AvgIpc) is 3.51. The van der Waals surface area contributed by atoms with Gasteiger partial charge in [-0.3, -0.25) is 14.4 Å². The van der Waals surface area contributed by atoms with Crippen LogP contribution in [0.4, 0.5) is 4.39 Å². The number of carbonyl (C=O) groups excluding carboxylic acids is 3. The van der Waals surface area contributed by atoms with Gasteiger partial charge in [-0.1, -0.05) is 13.0 Å². The van der Waals surface area contributed by atoms with Gasteiger partial charge in [-0.25, -0.2) is 14.4 Å². The highest BCUT2D eigenvalue weighted by atomic mass is 32.1. The fraction of sp³-hybridized carbons (Fsp3) is 0.480. The fourth-order valence-corrected chi connectivity index (χ4v) is 5.23. The molecule has 0 bridgehead atoms. The van der Waals surface area contributed by atoms with Crippen molar-refractivity contribution in [3.63, 3.8) is 0 Å². The number of thiazole rings is 1. The number of para-hydroxylation sites is 1. The number of benzene rings is 1. The van der Waals surface area contributed by atoms with Crippen LogP contribution in [0.1, 0.15) is 72.5 Å². The number of nitrogens with zero attached hydrogens (tertiary/aromatic N) is 3. The lowest BCUT2D eigenvalue weighted by Crippen LogP contribution is -2.51. The molecule has 1 saturated heterocycles. The van der Waals surface area contributed by atoms with Gasteiger partial charge >= 0.3 is 0 Å². The molecule has 3 N–H and O–H groups in total. The molecule has 3 amide bonds. The largest absolute Gasteiger partial charge is 0.345 e. The summed E-state index contributed by atoms with van der Waals surface area (Å²) < 4.78 is 14.1. The van der Waals surface area contributed by atoms with Crippen molar-refractivity contribution < 1.29 is 18.8 Å². The van der Waals surface area contributed by atoms with Gasteiger partial charge in [0.15, 0.2) is 5.82 Å². The monoisotopic (exact) mass is 514 g/mol. The Morgan fingerprint density at radius 3 is 2.78 bits per heavy atom. The molecule has 4 rings (SSSR count). The van der Waals surface area contributed by atoms with E-state index in [1.165, 1.54) is 23.6 Å². The number of aromatic amines is 1. The predicted molar refractivity (Wildman–Crippen MR) is 135 cm³/mol. The number of likely N-dealkylation sites (tertiary alicyclic amines) is 1. The van der Waals surface area contributed by atoms with E-state index in [4.69, 9.17) is 0 Å². The first-order valence-electron chi connectivity index (χ1n) is 12.2. The molecule has 0 spiro atoms. The molecule has 9 nitrogen and oxygen atoms in total. The lowest BCUT2D eigenvalue weighted by molar-refractivity contribution is -0.138. The zero-order valence-corrected chi connectivity index (χ0v) is 21.5. The van der Waals surface area contributed by atoms with Crippen LogP contribution in [0.2, 0.25) is 0 Å². The normalized spacial score (nSPS) is 17.6. The molecule has 36 heavy (non-hydrogen) atoms. The quantitative estimate of drug-likeness (QED) is 0.424. The van der Waals surface area contributed by atoms with Gasteiger partial charge < -0.3 is 20.5 Å². The summed E-state index contributed by atoms with van der Waals surface area (Å²) >= 11 is 1.21. The molecule has 1 aromatic carbocycles. The van der Waals surface area contributed by atoms with Crippen LogP contribution >= 0.6 is 11.3 Å². The number of rotatable bonds is 8. The Morgan fingerprint density at radius 2 is 2.08 bits per heavy atom. The molecule has 192 valence electrons. The van der Waals surface area contributed by atoms with E-state index >= 15 is 0 Å². The van der Waals surface area contributed by atoms with E-state index in [0.29, 0.717) is 22.8 Å². The summed E-state index contributed by atoms with van der Waals surface area (Å²) in [6.07, 6.45) is 5.07. The van der Waals surface area contributed by atoms with Crippen molar-refractivity contribution in [2.45, 2.75) is 71.0 Å². The van der Waals surface area contributed by atoms with Crippen LogP contribution in [0.15, 0.2) is 24.4 Å². The Labute approximate surface area is 212 Å². The van der Waals surface area contributed by atoms with E-state index in [2.05, 4.69) is 25.6 Å². The standard InChI is InChI=1S/C25H31FN6O3S/c1-4-16-8-5-6-11-32(16)21(33)12-19(30-25(35)20-13-27-15(3)36-20)24(34)28-14(2)23-29-18-10-7-9-17(26)22(18)31-23/h7,9-10,13-14,16,19H,4-6,8,11-12H2,1-3H3,(H,28,34)(H,29,31)(H,30,35)/t14-,16?,19?/m0/s1. The van der Waals surface area contributed by atoms with E-state index < -0.39 is 29.7 Å². The zero-order valence-electron chi connectivity index (χ0n) is 20.6. The molecular formula is C25H31FN6O3S. The molecular weight excluding hydrogens is 483 g/mol. The average molecular weight is 515 g/mol. The molecule has 3 heterocycles. The SMILES string of the molecule is CCC1CCCCN1C(=O)CC(NC(=O)c1cnc(C)s1)C(=O)N[C@@H](C)c1nc2c(F)cccc2[nH]1. The van der Waals surface area contributed by atoms with Gasteiger partial charge in [-0.05, 0) is 51.7 Å². The third kappa shape index (κ3) is 5.72. The Hall–Kier alpha value is -3.34. The van der Waals surface area contributed by atoms with Gasteiger partial charge in [-0.2, -0.15) is 0 Å². The number of nitrogens with one attached hydrogen (secondary N) is 3. The van der Waals surface area contributed by atoms with E-state index in [1.807, 2.05) is 11.8 Å². The smallest absolute Gasteiger partial charge is 0.263 e. The topological polar surface area (TPSA) is 120 Å². The minimum Gasteiger partial charge on any atom is -0.345 e. The first kappa shape index (κ1) is 25.7. The Morgan fingerprint density at radius 1 is 1.28 bits per heavy atom. The summed E-state index contributed by atoms with van der Waals surface area (Å²) in [6, 6.07) is 3.03. The van der Waals surface area contributed by atoms with Gasteiger partial charge in [0.25, 0.3) is 5.91 Å². The maximum absolute atomic E-state index is 14.1. The number of amides is 3. The predicted octanol–water partition coefficient (Wildman–Crippen LogP) is 3.62. The zero-order chi connectivity index (χ0) is 25.8. The Balaban J connectivity index is 1.51. The van der Waals surface area contributed by atoms with Gasteiger partial charge in [-0.15, -0.1) is 11.3 Å². The number of imidazole rings is 1. The van der Waals surface area contributed by atoms with Crippen molar-refractivity contribution in [3.8, 4) is 0 Å². The highest BCUT2D eigenvalue weighted by Gasteiger charge is 2.32. The van der Waals surface area contributed by atoms with Crippen LogP contribution in [-0.4, -0.2) is 56.2 Å². The van der Waals surface area contributed by atoms with Gasteiger partial charge in [0.2, 0.25) is 11.8 Å². The molecule has 0 aliphatic carbocycles. The minimum absolute atomic E-state index is 0.138. The highest BCUT2D eigenvalue weighted by Crippen LogP contribution is 2.22. The maximum Gasteiger partial charge on any atom is 0.263 e. The second-order valence-corrected chi connectivity index (χ2v) is 10.3. The van der Waals surface area contributed by atoms with E-state index in [0.717, 1.165) is 30.7 Å². The molecule has 0 saturated carbocycles. The number of carbonyl (C=O) groups is 3. The van der Waals surface area contributed by atoms with Crippen molar-refractivity contribution in [1.82, 2.24) is 30.5 Å². The number of halogens is 1. The number of hydrogen-bond acceptors (Lipinski definition) is 6. The molecule has 1 fully saturated rings. The molecule has 2 unspecified atom stereocenters. The van der Waals surface area contributed by atoms with Crippen molar-refractivity contribution in [2.24, 2.45) is 0 Å². The summed E-state index contributed by atoms with van der Waals surface area (Å²) in [4.78, 5) is 53.0. The molecule has 0 radical (unpaired) electrons. The van der Waals surface area contributed by atoms with E-state index in [1.54, 1.807) is 26.0 Å². The van der Waals surface area contributed by atoms with Crippen LogP contribution in [0, 0.1) is 12.7 Å². The minimum atomic E-state index is -1.09. The number of aromatic nitrogens is 3. The van der Waals surface area contributed by atoms with Crippen molar-refractivity contribution >= 4 is 40.1 Å². The Bertz CT molecular complexity index is 1260. The van der Waals surface area contributed by atoms with Gasteiger partial charge in [0.1, 0.15) is 22.3 Å². The molecule has 1 aliphatic rings. The van der Waals surface area contributed by atoms with Gasteiger partial charge in [0.05, 0.1) is 29.2 Å². The summed E-state index contributed by atoms with van der Waals surface area (Å²) in [7, 11) is 0. The van der Waals surface area contributed by atoms with Crippen LogP contribution in [0.25, 0.3) is 11.0 Å². The summed E-state index contributed by atoms with van der Waals surface area (Å²) in [5.74, 6) is -1.23. The van der Waals surface area contributed by atoms with Crippen LogP contribution in [0.3, 0.4) is 0 Å². The number of hydrogen-bond donors (Lipinski definition) is 3. The van der Waals surface area contributed by atoms with Crippen molar-refractivity contribution in [2.75, 3.05) is 6.54 Å². The molecule has 1 aliphatic heterocycles. The van der Waals surface area contributed by atoms with E-state index in [-0.39, 0.29) is 23.9 Å². The first-order valence-corrected chi connectivity index (χ1v) is 13.1. The van der Waals surface area contributed by atoms with Crippen LogP contribution in [0.5, 0.6) is 0 Å². The van der Waals surface area contributed by atoms with Gasteiger partial charge in [0, 0.05) is 12.6 Å². The summed E-state index contributed by atoms with van der Waals surface area (Å²) in [6.45, 7) is 6.19. The second kappa shape index (κ2) is 11.2. The highest BCUT2D eigenvalue weighted by molar-refractivity contribution is 7.13.